The van der Waals surface area contributed by atoms with E-state index in [4.69, 9.17) is 0 Å². The minimum Gasteiger partial charge on any atom is -0.389 e. The van der Waals surface area contributed by atoms with E-state index < -0.39 is 12.0 Å². The molecule has 0 bridgehead atoms. The number of amides is 1. The number of pyridine rings is 1. The van der Waals surface area contributed by atoms with Gasteiger partial charge < -0.3 is 15.0 Å². The molecule has 0 fully saturated rings. The lowest BCUT2D eigenvalue weighted by atomic mass is 10.3. The lowest BCUT2D eigenvalue weighted by Crippen LogP contribution is -2.39. The highest BCUT2D eigenvalue weighted by molar-refractivity contribution is 5.75. The van der Waals surface area contributed by atoms with Crippen LogP contribution in [0, 0.1) is 0 Å². The van der Waals surface area contributed by atoms with Crippen molar-refractivity contribution in [3.05, 3.63) is 63.4 Å². The first-order valence-corrected chi connectivity index (χ1v) is 6.68. The number of rotatable bonds is 6. The number of hydrogen-bond donors (Lipinski definition) is 2. The zero-order chi connectivity index (χ0) is 15.9. The maximum Gasteiger partial charge on any atom is 0.267 e. The van der Waals surface area contributed by atoms with Crippen molar-refractivity contribution in [1.82, 2.24) is 19.7 Å². The Morgan fingerprint density at radius 2 is 2.00 bits per heavy atom. The fourth-order valence-electron chi connectivity index (χ4n) is 1.83. The maximum atomic E-state index is 11.7. The van der Waals surface area contributed by atoms with Gasteiger partial charge in [0.1, 0.15) is 6.54 Å². The molecule has 0 saturated heterocycles. The van der Waals surface area contributed by atoms with Crippen molar-refractivity contribution in [3.63, 3.8) is 0 Å². The van der Waals surface area contributed by atoms with E-state index in [1.165, 1.54) is 29.0 Å². The Balaban J connectivity index is 1.84. The van der Waals surface area contributed by atoms with Gasteiger partial charge in [0.15, 0.2) is 0 Å². The molecule has 0 saturated carbocycles. The van der Waals surface area contributed by atoms with Crippen LogP contribution in [-0.2, 0) is 17.9 Å². The van der Waals surface area contributed by atoms with Crippen LogP contribution in [-0.4, -0.2) is 38.0 Å². The Bertz CT molecular complexity index is 753. The van der Waals surface area contributed by atoms with Crippen LogP contribution in [0.1, 0.15) is 0 Å². The van der Waals surface area contributed by atoms with Gasteiger partial charge in [-0.15, -0.1) is 0 Å². The van der Waals surface area contributed by atoms with Gasteiger partial charge in [-0.25, -0.2) is 4.68 Å². The lowest BCUT2D eigenvalue weighted by Gasteiger charge is -2.13. The molecule has 0 aliphatic rings. The molecule has 1 atom stereocenters. The monoisotopic (exact) mass is 304 g/mol. The predicted molar refractivity (Wildman–Crippen MR) is 78.2 cm³/mol. The Morgan fingerprint density at radius 3 is 2.73 bits per heavy atom. The van der Waals surface area contributed by atoms with E-state index in [9.17, 15) is 19.5 Å². The first-order valence-electron chi connectivity index (χ1n) is 6.68. The molecule has 1 unspecified atom stereocenters. The summed E-state index contributed by atoms with van der Waals surface area (Å²) in [6.07, 6.45) is 2.05. The molecule has 0 aromatic carbocycles. The average Bonchev–Trinajstić information content (AvgIpc) is 2.50. The average molecular weight is 304 g/mol. The topological polar surface area (TPSA) is 106 Å². The van der Waals surface area contributed by atoms with Crippen molar-refractivity contribution >= 4 is 5.91 Å². The van der Waals surface area contributed by atoms with Crippen molar-refractivity contribution in [2.75, 3.05) is 6.54 Å². The zero-order valence-electron chi connectivity index (χ0n) is 11.8. The second-order valence-corrected chi connectivity index (χ2v) is 4.67. The van der Waals surface area contributed by atoms with Crippen LogP contribution in [0.4, 0.5) is 0 Å². The Labute approximate surface area is 125 Å². The summed E-state index contributed by atoms with van der Waals surface area (Å²) in [5.41, 5.74) is -0.609. The van der Waals surface area contributed by atoms with Crippen LogP contribution in [0.3, 0.4) is 0 Å². The fraction of sp³-hybridized carbons (Fsp3) is 0.286. The van der Waals surface area contributed by atoms with Gasteiger partial charge in [-0.05, 0) is 12.1 Å². The van der Waals surface area contributed by atoms with E-state index >= 15 is 0 Å². The molecule has 2 heterocycles. The fourth-order valence-corrected chi connectivity index (χ4v) is 1.83. The molecule has 2 aromatic rings. The number of aliphatic hydroxyl groups is 1. The van der Waals surface area contributed by atoms with E-state index in [0.29, 0.717) is 0 Å². The molecule has 1 amide bonds. The van der Waals surface area contributed by atoms with Gasteiger partial charge in [-0.3, -0.25) is 14.4 Å². The summed E-state index contributed by atoms with van der Waals surface area (Å²) in [4.78, 5) is 34.6. The van der Waals surface area contributed by atoms with Crippen LogP contribution in [0.2, 0.25) is 0 Å². The Hall–Kier alpha value is -2.74. The number of carbonyl (C=O) groups excluding carboxylic acids is 1. The third kappa shape index (κ3) is 4.38. The molecule has 2 N–H and O–H groups in total. The SMILES string of the molecule is O=C(Cn1ncccc1=O)NCC(O)Cn1ccccc1=O. The van der Waals surface area contributed by atoms with Gasteiger partial charge >= 0.3 is 0 Å². The molecule has 0 spiro atoms. The van der Waals surface area contributed by atoms with Crippen molar-refractivity contribution < 1.29 is 9.90 Å². The van der Waals surface area contributed by atoms with E-state index in [1.54, 1.807) is 18.3 Å². The van der Waals surface area contributed by atoms with Gasteiger partial charge in [-0.2, -0.15) is 5.10 Å². The highest BCUT2D eigenvalue weighted by Crippen LogP contribution is 1.89. The van der Waals surface area contributed by atoms with E-state index in [1.807, 2.05) is 0 Å². The Kier molecular flexibility index (Phi) is 5.21. The Morgan fingerprint density at radius 1 is 1.23 bits per heavy atom. The summed E-state index contributed by atoms with van der Waals surface area (Å²) in [6, 6.07) is 7.46. The summed E-state index contributed by atoms with van der Waals surface area (Å²) in [7, 11) is 0. The van der Waals surface area contributed by atoms with E-state index in [2.05, 4.69) is 10.4 Å². The summed E-state index contributed by atoms with van der Waals surface area (Å²) >= 11 is 0. The molecule has 8 heteroatoms. The minimum atomic E-state index is -0.912. The standard InChI is InChI=1S/C14H16N4O4/c19-11(9-17-7-2-1-4-13(17)21)8-15-12(20)10-18-14(22)5-3-6-16-18/h1-7,11,19H,8-10H2,(H,15,20). The smallest absolute Gasteiger partial charge is 0.267 e. The quantitative estimate of drug-likeness (QED) is 0.681. The molecule has 8 nitrogen and oxygen atoms in total. The first kappa shape index (κ1) is 15.6. The van der Waals surface area contributed by atoms with E-state index in [-0.39, 0.29) is 30.8 Å². The molecule has 0 aliphatic carbocycles. The van der Waals surface area contributed by atoms with Crippen LogP contribution in [0.15, 0.2) is 52.3 Å². The number of carbonyl (C=O) groups is 1. The molecule has 2 aromatic heterocycles. The van der Waals surface area contributed by atoms with Crippen molar-refractivity contribution in [3.8, 4) is 0 Å². The van der Waals surface area contributed by atoms with Crippen molar-refractivity contribution in [2.24, 2.45) is 0 Å². The van der Waals surface area contributed by atoms with Crippen LogP contribution < -0.4 is 16.4 Å². The molecule has 2 rings (SSSR count). The summed E-state index contributed by atoms with van der Waals surface area (Å²) < 4.78 is 2.36. The first-order chi connectivity index (χ1) is 10.6. The van der Waals surface area contributed by atoms with Crippen LogP contribution in [0.25, 0.3) is 0 Å². The van der Waals surface area contributed by atoms with Crippen LogP contribution in [0.5, 0.6) is 0 Å². The summed E-state index contributed by atoms with van der Waals surface area (Å²) in [5.74, 6) is -0.444. The van der Waals surface area contributed by atoms with Gasteiger partial charge in [0.2, 0.25) is 5.91 Å². The van der Waals surface area contributed by atoms with Crippen molar-refractivity contribution in [2.45, 2.75) is 19.2 Å². The van der Waals surface area contributed by atoms with E-state index in [0.717, 1.165) is 4.68 Å². The van der Waals surface area contributed by atoms with Gasteiger partial charge in [-0.1, -0.05) is 6.07 Å². The highest BCUT2D eigenvalue weighted by atomic mass is 16.3. The molecule has 22 heavy (non-hydrogen) atoms. The van der Waals surface area contributed by atoms with Crippen LogP contribution >= 0.6 is 0 Å². The number of aromatic nitrogens is 3. The highest BCUT2D eigenvalue weighted by Gasteiger charge is 2.09. The van der Waals surface area contributed by atoms with Gasteiger partial charge in [0.05, 0.1) is 12.6 Å². The molecule has 0 aliphatic heterocycles. The lowest BCUT2D eigenvalue weighted by molar-refractivity contribution is -0.122. The zero-order valence-corrected chi connectivity index (χ0v) is 11.8. The number of aliphatic hydroxyl groups excluding tert-OH is 1. The third-order valence-corrected chi connectivity index (χ3v) is 2.92. The second-order valence-electron chi connectivity index (χ2n) is 4.67. The molecular formula is C14H16N4O4. The number of nitrogens with one attached hydrogen (secondary N) is 1. The van der Waals surface area contributed by atoms with Gasteiger partial charge in [0.25, 0.3) is 11.1 Å². The van der Waals surface area contributed by atoms with Crippen molar-refractivity contribution in [1.29, 1.82) is 0 Å². The van der Waals surface area contributed by atoms with Gasteiger partial charge in [0, 0.05) is 31.1 Å². The summed E-state index contributed by atoms with van der Waals surface area (Å²) in [6.45, 7) is -0.178. The molecule has 0 radical (unpaired) electrons. The maximum absolute atomic E-state index is 11.7. The third-order valence-electron chi connectivity index (χ3n) is 2.92. The second kappa shape index (κ2) is 7.32. The number of nitrogens with zero attached hydrogens (tertiary/aromatic N) is 3. The summed E-state index contributed by atoms with van der Waals surface area (Å²) in [5, 5.41) is 16.1. The number of hydrogen-bond acceptors (Lipinski definition) is 5. The molecule has 116 valence electrons. The minimum absolute atomic E-state index is 0.0260. The predicted octanol–water partition coefficient (Wildman–Crippen LogP) is -1.42. The largest absolute Gasteiger partial charge is 0.389 e. The molecular weight excluding hydrogens is 288 g/mol. The normalized spacial score (nSPS) is 11.9.